The van der Waals surface area contributed by atoms with E-state index in [9.17, 15) is 9.59 Å². The minimum absolute atomic E-state index is 0.0783. The molecule has 0 aromatic heterocycles. The molecule has 2 N–H and O–H groups in total. The maximum Gasteiger partial charge on any atom is 0.417 e. The minimum atomic E-state index is -0.533. The molecule has 0 saturated carbocycles. The van der Waals surface area contributed by atoms with E-state index in [0.717, 1.165) is 24.0 Å². The first kappa shape index (κ1) is 31.4. The second kappa shape index (κ2) is 13.6. The number of nitrogens with one attached hydrogen (secondary N) is 2. The van der Waals surface area contributed by atoms with Gasteiger partial charge in [-0.3, -0.25) is 10.6 Å². The predicted molar refractivity (Wildman–Crippen MR) is 175 cm³/mol. The number of carbonyl (C=O) groups excluding carboxylic acids is 2. The highest BCUT2D eigenvalue weighted by atomic mass is 16.6. The highest BCUT2D eigenvalue weighted by molar-refractivity contribution is 5.87. The molecule has 0 radical (unpaired) electrons. The van der Waals surface area contributed by atoms with Crippen molar-refractivity contribution in [1.82, 2.24) is 0 Å². The van der Waals surface area contributed by atoms with E-state index in [4.69, 9.17) is 9.47 Å². The van der Waals surface area contributed by atoms with Crippen LogP contribution in [0, 0.1) is 0 Å². The van der Waals surface area contributed by atoms with Crippen molar-refractivity contribution in [2.75, 3.05) is 10.6 Å². The fraction of sp³-hybridized carbons (Fsp3) is 0.297. The smallest absolute Gasteiger partial charge is 0.410 e. The number of hydrogen-bond donors (Lipinski definition) is 2. The Bertz CT molecular complexity index is 1390. The third-order valence-electron chi connectivity index (χ3n) is 8.27. The van der Waals surface area contributed by atoms with Gasteiger partial charge < -0.3 is 9.47 Å². The molecular weight excluding hydrogens is 536 g/mol. The summed E-state index contributed by atoms with van der Waals surface area (Å²) >= 11 is 0. The van der Waals surface area contributed by atoms with Gasteiger partial charge in [-0.15, -0.1) is 0 Å². The Morgan fingerprint density at radius 1 is 0.535 bits per heavy atom. The van der Waals surface area contributed by atoms with Crippen LogP contribution in [0.3, 0.4) is 0 Å². The number of rotatable bonds is 10. The summed E-state index contributed by atoms with van der Waals surface area (Å²) in [7, 11) is 0. The molecule has 43 heavy (non-hydrogen) atoms. The Hall–Kier alpha value is -4.58. The molecule has 0 heterocycles. The summed E-state index contributed by atoms with van der Waals surface area (Å²) in [6.45, 7) is 13.1. The summed E-state index contributed by atoms with van der Waals surface area (Å²) in [5.41, 5.74) is 6.05. The zero-order valence-electron chi connectivity index (χ0n) is 26.0. The van der Waals surface area contributed by atoms with Crippen molar-refractivity contribution in [3.63, 3.8) is 0 Å². The van der Waals surface area contributed by atoms with E-state index in [2.05, 4.69) is 52.2 Å². The molecule has 0 spiro atoms. The van der Waals surface area contributed by atoms with Crippen LogP contribution in [0.25, 0.3) is 0 Å². The van der Waals surface area contributed by atoms with Crippen LogP contribution in [0.2, 0.25) is 0 Å². The predicted octanol–water partition coefficient (Wildman–Crippen LogP) is 9.87. The van der Waals surface area contributed by atoms with Crippen molar-refractivity contribution in [2.24, 2.45) is 0 Å². The van der Waals surface area contributed by atoms with Crippen molar-refractivity contribution in [3.8, 4) is 11.5 Å². The molecule has 6 nitrogen and oxygen atoms in total. The van der Waals surface area contributed by atoms with Gasteiger partial charge in [0.25, 0.3) is 0 Å². The van der Waals surface area contributed by atoms with Gasteiger partial charge in [-0.05, 0) is 101 Å². The summed E-state index contributed by atoms with van der Waals surface area (Å²) in [6.07, 6.45) is 1.69. The molecule has 0 aliphatic rings. The third kappa shape index (κ3) is 8.71. The lowest BCUT2D eigenvalue weighted by Crippen LogP contribution is -2.17. The number of benzene rings is 4. The lowest BCUT2D eigenvalue weighted by Gasteiger charge is -2.23. The average Bonchev–Trinajstić information content (AvgIpc) is 2.99. The van der Waals surface area contributed by atoms with Crippen LogP contribution >= 0.6 is 0 Å². The van der Waals surface area contributed by atoms with Crippen LogP contribution in [0.4, 0.5) is 21.0 Å². The van der Waals surface area contributed by atoms with E-state index in [0.29, 0.717) is 29.3 Å². The number of hydrogen-bond acceptors (Lipinski definition) is 4. The van der Waals surface area contributed by atoms with Gasteiger partial charge in [-0.1, -0.05) is 90.1 Å². The van der Waals surface area contributed by atoms with Crippen LogP contribution in [0.5, 0.6) is 11.5 Å². The third-order valence-corrected chi connectivity index (χ3v) is 8.27. The van der Waals surface area contributed by atoms with Crippen molar-refractivity contribution >= 4 is 23.6 Å². The molecule has 0 unspecified atom stereocenters. The molecule has 0 saturated heterocycles. The molecule has 0 aliphatic heterocycles. The maximum absolute atomic E-state index is 12.4. The lowest BCUT2D eigenvalue weighted by molar-refractivity contribution is 0.214. The van der Waals surface area contributed by atoms with Gasteiger partial charge in [0, 0.05) is 11.4 Å². The first-order valence-corrected chi connectivity index (χ1v) is 14.8. The van der Waals surface area contributed by atoms with Crippen molar-refractivity contribution in [1.29, 1.82) is 0 Å². The van der Waals surface area contributed by atoms with Gasteiger partial charge in [0.1, 0.15) is 11.5 Å². The number of amides is 2. The van der Waals surface area contributed by atoms with Crippen LogP contribution < -0.4 is 20.1 Å². The summed E-state index contributed by atoms with van der Waals surface area (Å²) in [5.74, 6) is 1.00. The topological polar surface area (TPSA) is 76.7 Å². The second-order valence-corrected chi connectivity index (χ2v) is 12.1. The Labute approximate surface area is 255 Å². The van der Waals surface area contributed by atoms with Crippen LogP contribution in [-0.4, -0.2) is 12.2 Å². The maximum atomic E-state index is 12.4. The summed E-state index contributed by atoms with van der Waals surface area (Å²) < 4.78 is 10.9. The zero-order valence-corrected chi connectivity index (χ0v) is 26.0. The Morgan fingerprint density at radius 2 is 0.860 bits per heavy atom. The Kier molecular flexibility index (Phi) is 9.92. The van der Waals surface area contributed by atoms with Gasteiger partial charge in [0.05, 0.1) is 0 Å². The summed E-state index contributed by atoms with van der Waals surface area (Å²) in [4.78, 5) is 24.8. The number of ether oxygens (including phenoxy) is 2. The number of carbonyl (C=O) groups is 2. The fourth-order valence-corrected chi connectivity index (χ4v) is 4.50. The Balaban J connectivity index is 1.24. The average molecular weight is 579 g/mol. The molecular formula is C37H42N2O4. The molecule has 2 amide bonds. The largest absolute Gasteiger partial charge is 0.417 e. The van der Waals surface area contributed by atoms with Crippen molar-refractivity contribution < 1.29 is 19.1 Å². The molecule has 224 valence electrons. The first-order valence-electron chi connectivity index (χ1n) is 14.8. The quantitative estimate of drug-likeness (QED) is 0.196. The highest BCUT2D eigenvalue weighted by Crippen LogP contribution is 2.29. The van der Waals surface area contributed by atoms with Gasteiger partial charge in [-0.25, -0.2) is 9.59 Å². The summed E-state index contributed by atoms with van der Waals surface area (Å²) in [5, 5.41) is 5.56. The molecule has 6 heteroatoms. The molecule has 0 aliphatic carbocycles. The number of anilines is 2. The van der Waals surface area contributed by atoms with Crippen molar-refractivity contribution in [3.05, 3.63) is 119 Å². The molecule has 0 bridgehead atoms. The molecule has 4 aromatic carbocycles. The van der Waals surface area contributed by atoms with E-state index in [1.54, 1.807) is 0 Å². The lowest BCUT2D eigenvalue weighted by atomic mass is 9.82. The van der Waals surface area contributed by atoms with Crippen molar-refractivity contribution in [2.45, 2.75) is 71.6 Å². The van der Waals surface area contributed by atoms with Gasteiger partial charge in [0.15, 0.2) is 0 Å². The fourth-order valence-electron chi connectivity index (χ4n) is 4.50. The molecule has 0 atom stereocenters. The Morgan fingerprint density at radius 3 is 1.16 bits per heavy atom. The van der Waals surface area contributed by atoms with Gasteiger partial charge in [0.2, 0.25) is 0 Å². The van der Waals surface area contributed by atoms with Crippen LogP contribution in [-0.2, 0) is 17.3 Å². The molecule has 0 fully saturated rings. The van der Waals surface area contributed by atoms with Gasteiger partial charge >= 0.3 is 12.2 Å². The van der Waals surface area contributed by atoms with Gasteiger partial charge in [-0.2, -0.15) is 0 Å². The van der Waals surface area contributed by atoms with E-state index in [1.165, 1.54) is 11.1 Å². The zero-order chi connectivity index (χ0) is 31.0. The first-order chi connectivity index (χ1) is 20.5. The van der Waals surface area contributed by atoms with E-state index >= 15 is 0 Å². The van der Waals surface area contributed by atoms with Crippen LogP contribution in [0.1, 0.15) is 76.6 Å². The molecule has 4 aromatic rings. The van der Waals surface area contributed by atoms with E-state index in [1.807, 2.05) is 97.1 Å². The monoisotopic (exact) mass is 578 g/mol. The normalized spacial score (nSPS) is 11.5. The molecule has 4 rings (SSSR count). The van der Waals surface area contributed by atoms with Crippen LogP contribution in [0.15, 0.2) is 97.1 Å². The SMILES string of the molecule is CCC(C)(C)c1ccc(OC(=O)Nc2ccc(Cc3ccc(NC(=O)Oc4ccc(C(C)(C)CC)cc4)cc3)cc2)cc1. The highest BCUT2D eigenvalue weighted by Gasteiger charge is 2.19. The second-order valence-electron chi connectivity index (χ2n) is 12.1. The minimum Gasteiger partial charge on any atom is -0.410 e. The van der Waals surface area contributed by atoms with E-state index < -0.39 is 12.2 Å². The van der Waals surface area contributed by atoms with E-state index in [-0.39, 0.29) is 10.8 Å². The summed E-state index contributed by atoms with van der Waals surface area (Å²) in [6, 6.07) is 30.6. The standard InChI is InChI=1S/C37H42N2O4/c1-7-36(3,4)28-13-21-32(22-14-28)42-34(40)38-30-17-9-26(10-18-30)25-27-11-19-31(20-12-27)39-35(41)43-33-23-15-29(16-24-33)37(5,6)8-2/h9-24H,7-8,25H2,1-6H3,(H,38,40)(H,39,41).